The highest BCUT2D eigenvalue weighted by Crippen LogP contribution is 2.09. The van der Waals surface area contributed by atoms with Gasteiger partial charge in [0.05, 0.1) is 17.8 Å². The molecule has 0 N–H and O–H groups in total. The van der Waals surface area contributed by atoms with E-state index in [1.54, 1.807) is 18.3 Å². The van der Waals surface area contributed by atoms with Crippen molar-refractivity contribution in [2.75, 3.05) is 0 Å². The van der Waals surface area contributed by atoms with Gasteiger partial charge in [0.2, 0.25) is 0 Å². The molecule has 0 bridgehead atoms. The molecule has 0 radical (unpaired) electrons. The van der Waals surface area contributed by atoms with E-state index in [9.17, 15) is 0 Å². The van der Waals surface area contributed by atoms with Crippen molar-refractivity contribution < 1.29 is 4.84 Å². The van der Waals surface area contributed by atoms with Crippen LogP contribution < -0.4 is 0 Å². The van der Waals surface area contributed by atoms with E-state index in [0.29, 0.717) is 12.2 Å². The number of hydrogen-bond acceptors (Lipinski definition) is 3. The van der Waals surface area contributed by atoms with E-state index < -0.39 is 0 Å². The Kier molecular flexibility index (Phi) is 4.71. The van der Waals surface area contributed by atoms with Crippen LogP contribution in [-0.4, -0.2) is 6.21 Å². The summed E-state index contributed by atoms with van der Waals surface area (Å²) in [6.45, 7) is 0.350. The molecule has 3 nitrogen and oxygen atoms in total. The SMILES string of the molecule is N#Cc1cccc(CON=Cc2ccc(Br)cc2)c1. The van der Waals surface area contributed by atoms with Crippen LogP contribution in [0.4, 0.5) is 0 Å². The van der Waals surface area contributed by atoms with Gasteiger partial charge in [-0.25, -0.2) is 0 Å². The predicted molar refractivity (Wildman–Crippen MR) is 77.7 cm³/mol. The second kappa shape index (κ2) is 6.72. The number of benzene rings is 2. The summed E-state index contributed by atoms with van der Waals surface area (Å²) in [5.41, 5.74) is 2.51. The van der Waals surface area contributed by atoms with Crippen LogP contribution in [0.15, 0.2) is 58.2 Å². The highest BCUT2D eigenvalue weighted by Gasteiger charge is 1.95. The Balaban J connectivity index is 1.89. The second-order valence-corrected chi connectivity index (χ2v) is 4.79. The summed E-state index contributed by atoms with van der Waals surface area (Å²) in [5, 5.41) is 12.7. The molecule has 0 aromatic heterocycles. The van der Waals surface area contributed by atoms with Crippen LogP contribution in [0.1, 0.15) is 16.7 Å². The van der Waals surface area contributed by atoms with E-state index in [2.05, 4.69) is 27.2 Å². The van der Waals surface area contributed by atoms with E-state index in [4.69, 9.17) is 10.1 Å². The first-order valence-electron chi connectivity index (χ1n) is 5.68. The average molecular weight is 315 g/mol. The predicted octanol–water partition coefficient (Wildman–Crippen LogP) is 3.87. The Morgan fingerprint density at radius 1 is 1.21 bits per heavy atom. The number of nitriles is 1. The lowest BCUT2D eigenvalue weighted by Gasteiger charge is -2.00. The lowest BCUT2D eigenvalue weighted by atomic mass is 10.1. The number of rotatable bonds is 4. The molecule has 4 heteroatoms. The topological polar surface area (TPSA) is 45.4 Å². The molecular formula is C15H11BrN2O. The molecule has 0 saturated carbocycles. The first-order valence-corrected chi connectivity index (χ1v) is 6.47. The summed E-state index contributed by atoms with van der Waals surface area (Å²) < 4.78 is 1.03. The molecule has 0 unspecified atom stereocenters. The minimum Gasteiger partial charge on any atom is -0.391 e. The van der Waals surface area contributed by atoms with Crippen LogP contribution in [0.3, 0.4) is 0 Å². The summed E-state index contributed by atoms with van der Waals surface area (Å²) in [6, 6.07) is 17.1. The number of hydrogen-bond donors (Lipinski definition) is 0. The molecule has 0 atom stereocenters. The number of halogens is 1. The Morgan fingerprint density at radius 2 is 2.00 bits per heavy atom. The molecule has 0 aliphatic heterocycles. The smallest absolute Gasteiger partial charge is 0.142 e. The zero-order valence-corrected chi connectivity index (χ0v) is 11.7. The van der Waals surface area contributed by atoms with Crippen LogP contribution in [0, 0.1) is 11.3 Å². The van der Waals surface area contributed by atoms with Crippen molar-refractivity contribution in [1.82, 2.24) is 0 Å². The average Bonchev–Trinajstić information content (AvgIpc) is 2.46. The van der Waals surface area contributed by atoms with E-state index in [0.717, 1.165) is 15.6 Å². The molecule has 0 spiro atoms. The summed E-state index contributed by atoms with van der Waals surface area (Å²) in [7, 11) is 0. The maximum absolute atomic E-state index is 8.78. The molecule has 2 aromatic carbocycles. The van der Waals surface area contributed by atoms with Gasteiger partial charge in [0.15, 0.2) is 0 Å². The third kappa shape index (κ3) is 4.23. The van der Waals surface area contributed by atoms with Gasteiger partial charge in [-0.3, -0.25) is 0 Å². The van der Waals surface area contributed by atoms with Crippen molar-refractivity contribution in [3.63, 3.8) is 0 Å². The first kappa shape index (κ1) is 13.3. The summed E-state index contributed by atoms with van der Waals surface area (Å²) >= 11 is 3.37. The van der Waals surface area contributed by atoms with Gasteiger partial charge in [-0.15, -0.1) is 0 Å². The zero-order valence-electron chi connectivity index (χ0n) is 10.1. The lowest BCUT2D eigenvalue weighted by molar-refractivity contribution is 0.132. The Morgan fingerprint density at radius 3 is 2.74 bits per heavy atom. The number of oxime groups is 1. The van der Waals surface area contributed by atoms with Gasteiger partial charge in [-0.1, -0.05) is 45.4 Å². The van der Waals surface area contributed by atoms with Crippen LogP contribution in [0.25, 0.3) is 0 Å². The summed E-state index contributed by atoms with van der Waals surface area (Å²) in [4.78, 5) is 5.20. The van der Waals surface area contributed by atoms with E-state index in [-0.39, 0.29) is 0 Å². The fourth-order valence-electron chi connectivity index (χ4n) is 1.49. The molecule has 2 aromatic rings. The normalized spacial score (nSPS) is 10.3. The van der Waals surface area contributed by atoms with E-state index >= 15 is 0 Å². The second-order valence-electron chi connectivity index (χ2n) is 3.87. The molecule has 2 rings (SSSR count). The van der Waals surface area contributed by atoms with Crippen LogP contribution in [0.5, 0.6) is 0 Å². The minimum absolute atomic E-state index is 0.350. The lowest BCUT2D eigenvalue weighted by Crippen LogP contribution is -1.89. The molecule has 19 heavy (non-hydrogen) atoms. The van der Waals surface area contributed by atoms with Crippen molar-refractivity contribution in [2.45, 2.75) is 6.61 Å². The third-order valence-electron chi connectivity index (χ3n) is 2.43. The summed E-state index contributed by atoms with van der Waals surface area (Å²) in [5.74, 6) is 0. The Hall–Kier alpha value is -2.12. The number of nitrogens with zero attached hydrogens (tertiary/aromatic N) is 2. The van der Waals surface area contributed by atoms with Crippen molar-refractivity contribution in [1.29, 1.82) is 5.26 Å². The van der Waals surface area contributed by atoms with E-state index in [1.165, 1.54) is 0 Å². The van der Waals surface area contributed by atoms with Gasteiger partial charge in [-0.2, -0.15) is 5.26 Å². The minimum atomic E-state index is 0.350. The van der Waals surface area contributed by atoms with Crippen molar-refractivity contribution in [2.24, 2.45) is 5.16 Å². The maximum atomic E-state index is 8.78. The van der Waals surface area contributed by atoms with Gasteiger partial charge >= 0.3 is 0 Å². The van der Waals surface area contributed by atoms with Crippen molar-refractivity contribution in [3.05, 3.63) is 69.7 Å². The van der Waals surface area contributed by atoms with Gasteiger partial charge < -0.3 is 4.84 Å². The molecule has 0 saturated heterocycles. The first-order chi connectivity index (χ1) is 9.28. The van der Waals surface area contributed by atoms with Crippen LogP contribution in [-0.2, 0) is 11.4 Å². The molecular weight excluding hydrogens is 304 g/mol. The summed E-state index contributed by atoms with van der Waals surface area (Å²) in [6.07, 6.45) is 1.65. The molecule has 0 heterocycles. The van der Waals surface area contributed by atoms with Crippen LogP contribution >= 0.6 is 15.9 Å². The quantitative estimate of drug-likeness (QED) is 0.635. The molecule has 0 aliphatic carbocycles. The molecule has 0 fully saturated rings. The molecule has 0 aliphatic rings. The van der Waals surface area contributed by atoms with Gasteiger partial charge in [0.25, 0.3) is 0 Å². The van der Waals surface area contributed by atoms with E-state index in [1.807, 2.05) is 36.4 Å². The van der Waals surface area contributed by atoms with Crippen molar-refractivity contribution in [3.8, 4) is 6.07 Å². The molecule has 0 amide bonds. The fraction of sp³-hybridized carbons (Fsp3) is 0.0667. The van der Waals surface area contributed by atoms with Crippen molar-refractivity contribution >= 4 is 22.1 Å². The third-order valence-corrected chi connectivity index (χ3v) is 2.96. The fourth-order valence-corrected chi connectivity index (χ4v) is 1.75. The Bertz CT molecular complexity index is 615. The largest absolute Gasteiger partial charge is 0.391 e. The van der Waals surface area contributed by atoms with Gasteiger partial charge in [-0.05, 0) is 35.4 Å². The van der Waals surface area contributed by atoms with Gasteiger partial charge in [0.1, 0.15) is 6.61 Å². The standard InChI is InChI=1S/C15H11BrN2O/c16-15-6-4-12(5-7-15)10-18-19-11-14-3-1-2-13(8-14)9-17/h1-8,10H,11H2. The highest BCUT2D eigenvalue weighted by molar-refractivity contribution is 9.10. The molecule has 94 valence electrons. The Labute approximate surface area is 120 Å². The highest BCUT2D eigenvalue weighted by atomic mass is 79.9. The zero-order chi connectivity index (χ0) is 13.5. The van der Waals surface area contributed by atoms with Gasteiger partial charge in [0, 0.05) is 4.47 Å². The monoisotopic (exact) mass is 314 g/mol. The maximum Gasteiger partial charge on any atom is 0.142 e. The van der Waals surface area contributed by atoms with Crippen LogP contribution in [0.2, 0.25) is 0 Å².